The van der Waals surface area contributed by atoms with E-state index in [2.05, 4.69) is 10.2 Å². The Hall–Kier alpha value is -1.69. The number of nitrogens with zero attached hydrogens (tertiary/aromatic N) is 3. The molecule has 2 rings (SSSR count). The van der Waals surface area contributed by atoms with Crippen molar-refractivity contribution in [3.63, 3.8) is 0 Å². The Morgan fingerprint density at radius 2 is 2.24 bits per heavy atom. The van der Waals surface area contributed by atoms with Crippen molar-refractivity contribution in [2.75, 3.05) is 18.0 Å². The summed E-state index contributed by atoms with van der Waals surface area (Å²) in [5.74, 6) is -0.482. The number of aromatic carboxylic acids is 1. The third-order valence-corrected chi connectivity index (χ3v) is 2.87. The van der Waals surface area contributed by atoms with Gasteiger partial charge in [-0.3, -0.25) is 0 Å². The van der Waals surface area contributed by atoms with E-state index in [1.54, 1.807) is 13.0 Å². The summed E-state index contributed by atoms with van der Waals surface area (Å²) in [5, 5.41) is 26.2. The molecule has 1 unspecified atom stereocenters. The van der Waals surface area contributed by atoms with E-state index < -0.39 is 11.6 Å². The Kier molecular flexibility index (Phi) is 2.97. The Balaban J connectivity index is 2.14. The molecular weight excluding hydrogens is 222 g/mol. The van der Waals surface area contributed by atoms with Gasteiger partial charge in [-0.05, 0) is 31.9 Å². The van der Waals surface area contributed by atoms with Gasteiger partial charge in [0.1, 0.15) is 0 Å². The third kappa shape index (κ3) is 2.71. The van der Waals surface area contributed by atoms with Crippen LogP contribution in [0.15, 0.2) is 12.1 Å². The van der Waals surface area contributed by atoms with Gasteiger partial charge in [0.25, 0.3) is 0 Å². The standard InChI is InChI=1S/C11H15N3O3/c1-11(17)5-2-6-14(7-11)9-4-3-8(10(15)16)12-13-9/h3-4,17H,2,5-7H2,1H3,(H,15,16). The van der Waals surface area contributed by atoms with Gasteiger partial charge in [0.2, 0.25) is 0 Å². The minimum atomic E-state index is -1.09. The van der Waals surface area contributed by atoms with E-state index in [1.165, 1.54) is 6.07 Å². The van der Waals surface area contributed by atoms with Gasteiger partial charge in [-0.25, -0.2) is 4.79 Å². The van der Waals surface area contributed by atoms with Crippen LogP contribution in [0.3, 0.4) is 0 Å². The minimum absolute atomic E-state index is 0.0717. The molecule has 17 heavy (non-hydrogen) atoms. The second kappa shape index (κ2) is 4.29. The number of rotatable bonds is 2. The molecule has 1 fully saturated rings. The maximum Gasteiger partial charge on any atom is 0.356 e. The first-order chi connectivity index (χ1) is 7.98. The lowest BCUT2D eigenvalue weighted by atomic mass is 9.95. The largest absolute Gasteiger partial charge is 0.476 e. The molecule has 0 amide bonds. The SMILES string of the molecule is CC1(O)CCCN(c2ccc(C(=O)O)nn2)C1. The molecule has 1 aliphatic rings. The smallest absolute Gasteiger partial charge is 0.356 e. The lowest BCUT2D eigenvalue weighted by Gasteiger charge is -2.37. The van der Waals surface area contributed by atoms with Gasteiger partial charge in [-0.2, -0.15) is 0 Å². The van der Waals surface area contributed by atoms with Gasteiger partial charge in [-0.15, -0.1) is 10.2 Å². The van der Waals surface area contributed by atoms with Crippen LogP contribution in [0.25, 0.3) is 0 Å². The van der Waals surface area contributed by atoms with E-state index in [-0.39, 0.29) is 5.69 Å². The molecule has 6 nitrogen and oxygen atoms in total. The highest BCUT2D eigenvalue weighted by molar-refractivity contribution is 5.85. The molecule has 6 heteroatoms. The first-order valence-corrected chi connectivity index (χ1v) is 5.52. The predicted molar refractivity (Wildman–Crippen MR) is 61.1 cm³/mol. The highest BCUT2D eigenvalue weighted by atomic mass is 16.4. The van der Waals surface area contributed by atoms with Crippen molar-refractivity contribution >= 4 is 11.8 Å². The van der Waals surface area contributed by atoms with E-state index in [9.17, 15) is 9.90 Å². The summed E-state index contributed by atoms with van der Waals surface area (Å²) in [4.78, 5) is 12.6. The summed E-state index contributed by atoms with van der Waals surface area (Å²) in [6, 6.07) is 3.05. The lowest BCUT2D eigenvalue weighted by Crippen LogP contribution is -2.46. The molecule has 1 aromatic rings. The van der Waals surface area contributed by atoms with Crippen LogP contribution in [0.2, 0.25) is 0 Å². The molecule has 0 saturated carbocycles. The second-order valence-electron chi connectivity index (χ2n) is 4.60. The van der Waals surface area contributed by atoms with Crippen molar-refractivity contribution in [1.29, 1.82) is 0 Å². The predicted octanol–water partition coefficient (Wildman–Crippen LogP) is 0.526. The fourth-order valence-electron chi connectivity index (χ4n) is 2.02. The number of carboxylic acid groups (broad SMARTS) is 1. The highest BCUT2D eigenvalue weighted by Crippen LogP contribution is 2.23. The van der Waals surface area contributed by atoms with Crippen molar-refractivity contribution in [3.05, 3.63) is 17.8 Å². The number of hydrogen-bond donors (Lipinski definition) is 2. The molecule has 1 aromatic heterocycles. The summed E-state index contributed by atoms with van der Waals surface area (Å²) in [6.45, 7) is 3.09. The Labute approximate surface area is 98.9 Å². The minimum Gasteiger partial charge on any atom is -0.476 e. The fourth-order valence-corrected chi connectivity index (χ4v) is 2.02. The number of aliphatic hydroxyl groups is 1. The van der Waals surface area contributed by atoms with Crippen LogP contribution in [-0.4, -0.2) is 45.1 Å². The van der Waals surface area contributed by atoms with Crippen molar-refractivity contribution < 1.29 is 15.0 Å². The van der Waals surface area contributed by atoms with E-state index in [1.807, 2.05) is 4.90 Å². The molecule has 0 aromatic carbocycles. The second-order valence-corrected chi connectivity index (χ2v) is 4.60. The van der Waals surface area contributed by atoms with Crippen LogP contribution in [0.5, 0.6) is 0 Å². The summed E-state index contributed by atoms with van der Waals surface area (Å²) >= 11 is 0. The van der Waals surface area contributed by atoms with Gasteiger partial charge in [0.15, 0.2) is 11.5 Å². The van der Waals surface area contributed by atoms with Crippen LogP contribution in [0, 0.1) is 0 Å². The molecule has 92 valence electrons. The summed E-state index contributed by atoms with van der Waals surface area (Å²) in [5.41, 5.74) is -0.789. The molecule has 2 heterocycles. The van der Waals surface area contributed by atoms with Gasteiger partial charge >= 0.3 is 5.97 Å². The fraction of sp³-hybridized carbons (Fsp3) is 0.545. The van der Waals surface area contributed by atoms with Crippen LogP contribution in [0.4, 0.5) is 5.82 Å². The number of β-amino-alcohol motifs (C(OH)–C–C–N with tert-alkyl or cyclic N) is 1. The maximum absolute atomic E-state index is 10.6. The van der Waals surface area contributed by atoms with Crippen molar-refractivity contribution in [2.45, 2.75) is 25.4 Å². The van der Waals surface area contributed by atoms with Crippen molar-refractivity contribution in [1.82, 2.24) is 10.2 Å². The normalized spacial score (nSPS) is 24.7. The molecule has 0 radical (unpaired) electrons. The molecule has 2 N–H and O–H groups in total. The highest BCUT2D eigenvalue weighted by Gasteiger charge is 2.29. The van der Waals surface area contributed by atoms with Gasteiger partial charge in [-0.1, -0.05) is 0 Å². The first kappa shape index (κ1) is 11.8. The zero-order chi connectivity index (χ0) is 12.5. The third-order valence-electron chi connectivity index (χ3n) is 2.87. The van der Waals surface area contributed by atoms with Gasteiger partial charge in [0.05, 0.1) is 5.60 Å². The average molecular weight is 237 g/mol. The summed E-state index contributed by atoms with van der Waals surface area (Å²) in [6.07, 6.45) is 1.65. The number of carboxylic acids is 1. The number of aromatic nitrogens is 2. The molecule has 1 saturated heterocycles. The molecular formula is C11H15N3O3. The zero-order valence-electron chi connectivity index (χ0n) is 9.63. The zero-order valence-corrected chi connectivity index (χ0v) is 9.63. The monoisotopic (exact) mass is 237 g/mol. The Morgan fingerprint density at radius 3 is 2.76 bits per heavy atom. The molecule has 1 aliphatic heterocycles. The van der Waals surface area contributed by atoms with Gasteiger partial charge < -0.3 is 15.1 Å². The van der Waals surface area contributed by atoms with E-state index >= 15 is 0 Å². The van der Waals surface area contributed by atoms with Crippen molar-refractivity contribution in [2.24, 2.45) is 0 Å². The van der Waals surface area contributed by atoms with Crippen LogP contribution in [-0.2, 0) is 0 Å². The number of carbonyl (C=O) groups is 1. The lowest BCUT2D eigenvalue weighted by molar-refractivity contribution is 0.0446. The number of anilines is 1. The maximum atomic E-state index is 10.6. The van der Waals surface area contributed by atoms with Crippen LogP contribution in [0.1, 0.15) is 30.3 Å². The topological polar surface area (TPSA) is 86.5 Å². The van der Waals surface area contributed by atoms with Crippen molar-refractivity contribution in [3.8, 4) is 0 Å². The Morgan fingerprint density at radius 1 is 1.47 bits per heavy atom. The molecule has 0 bridgehead atoms. The van der Waals surface area contributed by atoms with Gasteiger partial charge in [0, 0.05) is 13.1 Å². The summed E-state index contributed by atoms with van der Waals surface area (Å²) < 4.78 is 0. The number of piperidine rings is 1. The summed E-state index contributed by atoms with van der Waals surface area (Å²) in [7, 11) is 0. The average Bonchev–Trinajstić information content (AvgIpc) is 2.28. The Bertz CT molecular complexity index is 416. The van der Waals surface area contributed by atoms with Crippen LogP contribution < -0.4 is 4.90 Å². The first-order valence-electron chi connectivity index (χ1n) is 5.52. The van der Waals surface area contributed by atoms with E-state index in [4.69, 9.17) is 5.11 Å². The number of hydrogen-bond acceptors (Lipinski definition) is 5. The van der Waals surface area contributed by atoms with Crippen LogP contribution >= 0.6 is 0 Å². The quantitative estimate of drug-likeness (QED) is 0.780. The molecule has 0 aliphatic carbocycles. The molecule has 1 atom stereocenters. The van der Waals surface area contributed by atoms with E-state index in [0.29, 0.717) is 12.4 Å². The van der Waals surface area contributed by atoms with E-state index in [0.717, 1.165) is 19.4 Å². The molecule has 0 spiro atoms.